The van der Waals surface area contributed by atoms with Crippen LogP contribution in [0.4, 0.5) is 0 Å². The molecule has 1 aromatic rings. The summed E-state index contributed by atoms with van der Waals surface area (Å²) >= 11 is 0. The predicted molar refractivity (Wildman–Crippen MR) is 91.7 cm³/mol. The Morgan fingerprint density at radius 3 is 2.75 bits per heavy atom. The summed E-state index contributed by atoms with van der Waals surface area (Å²) in [6, 6.07) is 7.69. The van der Waals surface area contributed by atoms with Crippen molar-refractivity contribution in [3.63, 3.8) is 0 Å². The van der Waals surface area contributed by atoms with Gasteiger partial charge < -0.3 is 15.0 Å². The number of benzene rings is 1. The average molecular weight is 330 g/mol. The lowest BCUT2D eigenvalue weighted by atomic mass is 9.76. The topological polar surface area (TPSA) is 58.6 Å². The minimum Gasteiger partial charge on any atom is -0.484 e. The highest BCUT2D eigenvalue weighted by molar-refractivity contribution is 5.83. The lowest BCUT2D eigenvalue weighted by Crippen LogP contribution is -2.38. The number of amides is 2. The van der Waals surface area contributed by atoms with Crippen molar-refractivity contribution in [3.8, 4) is 5.75 Å². The molecule has 0 aromatic heterocycles. The van der Waals surface area contributed by atoms with Gasteiger partial charge in [-0.25, -0.2) is 0 Å². The molecule has 5 heteroatoms. The van der Waals surface area contributed by atoms with Crippen molar-refractivity contribution in [1.82, 2.24) is 10.2 Å². The number of ether oxygens (including phenoxy) is 1. The summed E-state index contributed by atoms with van der Waals surface area (Å²) in [4.78, 5) is 26.7. The molecule has 3 rings (SSSR count). The Bertz CT molecular complexity index is 623. The van der Waals surface area contributed by atoms with Crippen molar-refractivity contribution < 1.29 is 14.3 Å². The quantitative estimate of drug-likeness (QED) is 0.920. The van der Waals surface area contributed by atoms with Gasteiger partial charge in [-0.15, -0.1) is 0 Å². The van der Waals surface area contributed by atoms with E-state index in [0.29, 0.717) is 18.8 Å². The molecule has 1 aliphatic carbocycles. The van der Waals surface area contributed by atoms with Gasteiger partial charge in [0.15, 0.2) is 6.61 Å². The SMILES string of the molecule is CNC(=O)[C@H]1CN(C(=O)COc2cccc(C)c2)CC12CCCC2. The summed E-state index contributed by atoms with van der Waals surface area (Å²) in [5.41, 5.74) is 1.07. The second-order valence-electron chi connectivity index (χ2n) is 7.12. The number of nitrogens with zero attached hydrogens (tertiary/aromatic N) is 1. The van der Waals surface area contributed by atoms with Gasteiger partial charge in [0.05, 0.1) is 5.92 Å². The smallest absolute Gasteiger partial charge is 0.260 e. The zero-order chi connectivity index (χ0) is 17.2. The van der Waals surface area contributed by atoms with Crippen LogP contribution >= 0.6 is 0 Å². The van der Waals surface area contributed by atoms with Gasteiger partial charge in [-0.05, 0) is 37.5 Å². The molecule has 5 nitrogen and oxygen atoms in total. The van der Waals surface area contributed by atoms with Gasteiger partial charge in [-0.3, -0.25) is 9.59 Å². The van der Waals surface area contributed by atoms with Gasteiger partial charge in [0.25, 0.3) is 5.91 Å². The molecular weight excluding hydrogens is 304 g/mol. The number of rotatable bonds is 4. The Labute approximate surface area is 143 Å². The van der Waals surface area contributed by atoms with E-state index in [0.717, 1.165) is 31.2 Å². The number of nitrogens with one attached hydrogen (secondary N) is 1. The molecule has 1 aromatic carbocycles. The number of carbonyl (C=O) groups excluding carboxylic acids is 2. The zero-order valence-electron chi connectivity index (χ0n) is 14.5. The summed E-state index contributed by atoms with van der Waals surface area (Å²) in [5, 5.41) is 2.77. The summed E-state index contributed by atoms with van der Waals surface area (Å²) in [5.74, 6) is 0.648. The maximum Gasteiger partial charge on any atom is 0.260 e. The Kier molecular flexibility index (Phi) is 4.78. The van der Waals surface area contributed by atoms with Crippen molar-refractivity contribution in [2.45, 2.75) is 32.6 Å². The molecule has 0 radical (unpaired) electrons. The van der Waals surface area contributed by atoms with Gasteiger partial charge in [0.1, 0.15) is 5.75 Å². The molecule has 0 bridgehead atoms. The largest absolute Gasteiger partial charge is 0.484 e. The number of aryl methyl sites for hydroxylation is 1. The first kappa shape index (κ1) is 16.8. The van der Waals surface area contributed by atoms with E-state index in [2.05, 4.69) is 5.32 Å². The first-order valence-corrected chi connectivity index (χ1v) is 8.73. The van der Waals surface area contributed by atoms with Crippen LogP contribution in [0.1, 0.15) is 31.2 Å². The van der Waals surface area contributed by atoms with E-state index in [4.69, 9.17) is 4.74 Å². The molecule has 1 saturated carbocycles. The predicted octanol–water partition coefficient (Wildman–Crippen LogP) is 2.14. The van der Waals surface area contributed by atoms with Crippen LogP contribution in [0.3, 0.4) is 0 Å². The van der Waals surface area contributed by atoms with E-state index in [-0.39, 0.29) is 29.8 Å². The van der Waals surface area contributed by atoms with Gasteiger partial charge >= 0.3 is 0 Å². The molecule has 2 fully saturated rings. The third-order valence-electron chi connectivity index (χ3n) is 5.51. The second kappa shape index (κ2) is 6.83. The lowest BCUT2D eigenvalue weighted by Gasteiger charge is -2.28. The Morgan fingerprint density at radius 2 is 2.08 bits per heavy atom. The molecule has 0 unspecified atom stereocenters. The highest BCUT2D eigenvalue weighted by Gasteiger charge is 2.52. The first-order chi connectivity index (χ1) is 11.5. The highest BCUT2D eigenvalue weighted by Crippen LogP contribution is 2.49. The molecule has 130 valence electrons. The van der Waals surface area contributed by atoms with Crippen LogP contribution < -0.4 is 10.1 Å². The van der Waals surface area contributed by atoms with E-state index >= 15 is 0 Å². The molecular formula is C19H26N2O3. The minimum atomic E-state index is -0.0899. The molecule has 1 N–H and O–H groups in total. The second-order valence-corrected chi connectivity index (χ2v) is 7.12. The van der Waals surface area contributed by atoms with Crippen molar-refractivity contribution in [2.24, 2.45) is 11.3 Å². The standard InChI is InChI=1S/C19H26N2O3/c1-14-6-5-7-15(10-14)24-12-17(22)21-11-16(18(23)20-2)19(13-21)8-3-4-9-19/h5-7,10,16H,3-4,8-9,11-13H2,1-2H3,(H,20,23)/t16-/m1/s1. The monoisotopic (exact) mass is 330 g/mol. The van der Waals surface area contributed by atoms with Crippen LogP contribution in [0.15, 0.2) is 24.3 Å². The highest BCUT2D eigenvalue weighted by atomic mass is 16.5. The maximum absolute atomic E-state index is 12.6. The third kappa shape index (κ3) is 3.25. The summed E-state index contributed by atoms with van der Waals surface area (Å²) in [6.07, 6.45) is 4.37. The van der Waals surface area contributed by atoms with Crippen molar-refractivity contribution in [3.05, 3.63) is 29.8 Å². The average Bonchev–Trinajstić information content (AvgIpc) is 3.20. The molecule has 2 amide bonds. The zero-order valence-corrected chi connectivity index (χ0v) is 14.5. The molecule has 1 spiro atoms. The first-order valence-electron chi connectivity index (χ1n) is 8.73. The normalized spacial score (nSPS) is 21.9. The number of likely N-dealkylation sites (tertiary alicyclic amines) is 1. The molecule has 1 atom stereocenters. The van der Waals surface area contributed by atoms with Gasteiger partial charge in [-0.2, -0.15) is 0 Å². The van der Waals surface area contributed by atoms with Crippen LogP contribution in [0.25, 0.3) is 0 Å². The summed E-state index contributed by atoms with van der Waals surface area (Å²) in [6.45, 7) is 3.21. The van der Waals surface area contributed by atoms with E-state index in [1.807, 2.05) is 36.1 Å². The lowest BCUT2D eigenvalue weighted by molar-refractivity contribution is -0.132. The van der Waals surface area contributed by atoms with Crippen molar-refractivity contribution >= 4 is 11.8 Å². The molecule has 1 aliphatic heterocycles. The van der Waals surface area contributed by atoms with Crippen molar-refractivity contribution in [2.75, 3.05) is 26.7 Å². The Hall–Kier alpha value is -2.04. The van der Waals surface area contributed by atoms with Crippen LogP contribution in [0.5, 0.6) is 5.75 Å². The van der Waals surface area contributed by atoms with Crippen LogP contribution in [0, 0.1) is 18.3 Å². The minimum absolute atomic E-state index is 0.0278. The number of hydrogen-bond donors (Lipinski definition) is 1. The van der Waals surface area contributed by atoms with Crippen LogP contribution in [0.2, 0.25) is 0 Å². The Balaban J connectivity index is 1.64. The van der Waals surface area contributed by atoms with Crippen molar-refractivity contribution in [1.29, 1.82) is 0 Å². The van der Waals surface area contributed by atoms with E-state index in [9.17, 15) is 9.59 Å². The Morgan fingerprint density at radius 1 is 1.33 bits per heavy atom. The third-order valence-corrected chi connectivity index (χ3v) is 5.51. The van der Waals surface area contributed by atoms with Gasteiger partial charge in [-0.1, -0.05) is 25.0 Å². The summed E-state index contributed by atoms with van der Waals surface area (Å²) < 4.78 is 5.64. The van der Waals surface area contributed by atoms with Crippen LogP contribution in [-0.2, 0) is 9.59 Å². The molecule has 1 saturated heterocycles. The van der Waals surface area contributed by atoms with E-state index in [1.54, 1.807) is 7.05 Å². The fraction of sp³-hybridized carbons (Fsp3) is 0.579. The van der Waals surface area contributed by atoms with Gasteiger partial charge in [0.2, 0.25) is 5.91 Å². The molecule has 1 heterocycles. The van der Waals surface area contributed by atoms with E-state index in [1.165, 1.54) is 0 Å². The molecule has 2 aliphatic rings. The molecule has 24 heavy (non-hydrogen) atoms. The van der Waals surface area contributed by atoms with Gasteiger partial charge in [0, 0.05) is 25.6 Å². The fourth-order valence-electron chi connectivity index (χ4n) is 4.22. The number of carbonyl (C=O) groups is 2. The van der Waals surface area contributed by atoms with Crippen LogP contribution in [-0.4, -0.2) is 43.5 Å². The maximum atomic E-state index is 12.6. The van der Waals surface area contributed by atoms with E-state index < -0.39 is 0 Å². The number of hydrogen-bond acceptors (Lipinski definition) is 3. The fourth-order valence-corrected chi connectivity index (χ4v) is 4.22. The summed E-state index contributed by atoms with van der Waals surface area (Å²) in [7, 11) is 1.68.